The lowest BCUT2D eigenvalue weighted by molar-refractivity contribution is -0.170. The molecule has 1 heterocycles. The van der Waals surface area contributed by atoms with Crippen molar-refractivity contribution in [2.45, 2.75) is 37.6 Å². The van der Waals surface area contributed by atoms with Crippen LogP contribution in [0.15, 0.2) is 4.99 Å². The Morgan fingerprint density at radius 2 is 1.86 bits per heavy atom. The van der Waals surface area contributed by atoms with Crippen LogP contribution in [0.5, 0.6) is 0 Å². The van der Waals surface area contributed by atoms with Crippen molar-refractivity contribution in [2.75, 3.05) is 33.0 Å². The first-order chi connectivity index (χ1) is 13.6. The molecule has 0 aromatic rings. The zero-order chi connectivity index (χ0) is 22.2. The summed E-state index contributed by atoms with van der Waals surface area (Å²) in [6, 6.07) is 0. The standard InChI is InChI=1S/C15H27N3O11/c1-15(5-20,12(24)26-3-2-18-13(16)17)6-27-14(25)29-11-9(23)8(22)10(28-11)7(21)4-19/h7-11,19-23H,2-6H2,1H3,(H4,16,17,18)/t7-,8-,9+,10-,11?,15?/m1/s1. The summed E-state index contributed by atoms with van der Waals surface area (Å²) in [5, 5.41) is 47.4. The second kappa shape index (κ2) is 11.1. The molecule has 168 valence electrons. The number of guanidine groups is 1. The number of carbonyl (C=O) groups is 2. The van der Waals surface area contributed by atoms with E-state index in [0.717, 1.165) is 0 Å². The molecule has 6 atom stereocenters. The molecule has 0 aliphatic carbocycles. The van der Waals surface area contributed by atoms with Gasteiger partial charge in [0, 0.05) is 0 Å². The highest BCUT2D eigenvalue weighted by Crippen LogP contribution is 2.25. The number of ether oxygens (including phenoxy) is 4. The van der Waals surface area contributed by atoms with Gasteiger partial charge in [-0.1, -0.05) is 0 Å². The number of aliphatic imine (C=N–C) groups is 1. The molecular formula is C15H27N3O11. The number of rotatable bonds is 10. The van der Waals surface area contributed by atoms with Gasteiger partial charge >= 0.3 is 12.1 Å². The number of aliphatic hydroxyl groups is 5. The van der Waals surface area contributed by atoms with Gasteiger partial charge in [-0.05, 0) is 6.92 Å². The van der Waals surface area contributed by atoms with Crippen LogP contribution in [0.3, 0.4) is 0 Å². The summed E-state index contributed by atoms with van der Waals surface area (Å²) in [7, 11) is 0. The fourth-order valence-corrected chi connectivity index (χ4v) is 2.19. The maximum Gasteiger partial charge on any atom is 0.510 e. The van der Waals surface area contributed by atoms with Crippen molar-refractivity contribution in [3.63, 3.8) is 0 Å². The molecule has 0 aromatic heterocycles. The predicted molar refractivity (Wildman–Crippen MR) is 93.0 cm³/mol. The minimum absolute atomic E-state index is 0.00142. The molecule has 14 nitrogen and oxygen atoms in total. The predicted octanol–water partition coefficient (Wildman–Crippen LogP) is -4.25. The first-order valence-corrected chi connectivity index (χ1v) is 8.53. The molecule has 0 saturated carbocycles. The van der Waals surface area contributed by atoms with Crippen LogP contribution in [0.4, 0.5) is 4.79 Å². The highest BCUT2D eigenvalue weighted by Gasteiger charge is 2.48. The Hall–Kier alpha value is -2.23. The summed E-state index contributed by atoms with van der Waals surface area (Å²) in [4.78, 5) is 27.5. The van der Waals surface area contributed by atoms with E-state index in [9.17, 15) is 30.0 Å². The zero-order valence-electron chi connectivity index (χ0n) is 15.7. The topological polar surface area (TPSA) is 237 Å². The zero-order valence-corrected chi connectivity index (χ0v) is 15.7. The van der Waals surface area contributed by atoms with Gasteiger partial charge in [0.2, 0.25) is 6.29 Å². The van der Waals surface area contributed by atoms with Crippen molar-refractivity contribution in [3.8, 4) is 0 Å². The van der Waals surface area contributed by atoms with Gasteiger partial charge in [0.05, 0.1) is 19.8 Å². The Morgan fingerprint density at radius 1 is 1.21 bits per heavy atom. The van der Waals surface area contributed by atoms with E-state index in [4.69, 9.17) is 35.5 Å². The SMILES string of the molecule is CC(CO)(COC(=O)OC1O[C@H]([C@H](O)CO)[C@H](O)[C@@H]1O)C(=O)OCCN=C(N)N. The lowest BCUT2D eigenvalue weighted by Crippen LogP contribution is -2.41. The molecule has 0 aromatic carbocycles. The Kier molecular flexibility index (Phi) is 9.48. The Bertz CT molecular complexity index is 586. The van der Waals surface area contributed by atoms with E-state index in [2.05, 4.69) is 4.99 Å². The molecule has 1 fully saturated rings. The fraction of sp³-hybridized carbons (Fsp3) is 0.800. The summed E-state index contributed by atoms with van der Waals surface area (Å²) in [6.07, 6.45) is -9.31. The van der Waals surface area contributed by atoms with E-state index in [0.29, 0.717) is 0 Å². The van der Waals surface area contributed by atoms with Crippen LogP contribution in [0.1, 0.15) is 6.92 Å². The molecule has 1 saturated heterocycles. The minimum atomic E-state index is -1.71. The lowest BCUT2D eigenvalue weighted by Gasteiger charge is -2.24. The van der Waals surface area contributed by atoms with Gasteiger partial charge in [-0.15, -0.1) is 0 Å². The third-order valence-corrected chi connectivity index (χ3v) is 4.00. The normalized spacial score (nSPS) is 26.8. The number of nitrogens with zero attached hydrogens (tertiary/aromatic N) is 1. The lowest BCUT2D eigenvalue weighted by atomic mass is 9.93. The van der Waals surface area contributed by atoms with E-state index in [-0.39, 0.29) is 19.1 Å². The van der Waals surface area contributed by atoms with Gasteiger partial charge < -0.3 is 55.9 Å². The average Bonchev–Trinajstić information content (AvgIpc) is 2.96. The molecule has 0 radical (unpaired) electrons. The minimum Gasteiger partial charge on any atom is -0.463 e. The molecule has 9 N–H and O–H groups in total. The summed E-state index contributed by atoms with van der Waals surface area (Å²) in [5.41, 5.74) is 8.63. The van der Waals surface area contributed by atoms with Crippen molar-refractivity contribution >= 4 is 18.1 Å². The Balaban J connectivity index is 2.54. The highest BCUT2D eigenvalue weighted by atomic mass is 16.8. The molecule has 29 heavy (non-hydrogen) atoms. The second-order valence-electron chi connectivity index (χ2n) is 6.52. The highest BCUT2D eigenvalue weighted by molar-refractivity contribution is 5.77. The van der Waals surface area contributed by atoms with Gasteiger partial charge in [-0.2, -0.15) is 0 Å². The van der Waals surface area contributed by atoms with Crippen LogP contribution in [-0.2, 0) is 23.7 Å². The van der Waals surface area contributed by atoms with E-state index < -0.39 is 68.1 Å². The molecule has 1 aliphatic heterocycles. The Morgan fingerprint density at radius 3 is 2.41 bits per heavy atom. The van der Waals surface area contributed by atoms with E-state index in [1.807, 2.05) is 0 Å². The van der Waals surface area contributed by atoms with Crippen LogP contribution in [-0.4, -0.2) is 107 Å². The molecule has 14 heteroatoms. The first-order valence-electron chi connectivity index (χ1n) is 8.53. The number of nitrogens with two attached hydrogens (primary N) is 2. The monoisotopic (exact) mass is 425 g/mol. The molecule has 2 unspecified atom stereocenters. The van der Waals surface area contributed by atoms with Crippen LogP contribution < -0.4 is 11.5 Å². The summed E-state index contributed by atoms with van der Waals surface area (Å²) < 4.78 is 19.3. The van der Waals surface area contributed by atoms with Crippen molar-refractivity contribution < 1.29 is 54.1 Å². The van der Waals surface area contributed by atoms with Gasteiger partial charge in [0.15, 0.2) is 5.96 Å². The second-order valence-corrected chi connectivity index (χ2v) is 6.52. The molecular weight excluding hydrogens is 398 g/mol. The number of aliphatic hydroxyl groups excluding tert-OH is 5. The quantitative estimate of drug-likeness (QED) is 0.0760. The van der Waals surface area contributed by atoms with Crippen molar-refractivity contribution in [2.24, 2.45) is 21.9 Å². The molecule has 0 amide bonds. The molecule has 0 bridgehead atoms. The third-order valence-electron chi connectivity index (χ3n) is 4.00. The van der Waals surface area contributed by atoms with Gasteiger partial charge in [-0.25, -0.2) is 4.79 Å². The maximum absolute atomic E-state index is 12.1. The van der Waals surface area contributed by atoms with E-state index >= 15 is 0 Å². The number of esters is 1. The van der Waals surface area contributed by atoms with E-state index in [1.165, 1.54) is 6.92 Å². The van der Waals surface area contributed by atoms with Crippen molar-refractivity contribution in [3.05, 3.63) is 0 Å². The molecule has 0 spiro atoms. The van der Waals surface area contributed by atoms with Crippen molar-refractivity contribution in [1.82, 2.24) is 0 Å². The van der Waals surface area contributed by atoms with Crippen LogP contribution >= 0.6 is 0 Å². The number of carbonyl (C=O) groups excluding carboxylic acids is 2. The first kappa shape index (κ1) is 24.8. The smallest absolute Gasteiger partial charge is 0.463 e. The summed E-state index contributed by atoms with van der Waals surface area (Å²) >= 11 is 0. The average molecular weight is 425 g/mol. The molecule has 1 aliphatic rings. The van der Waals surface area contributed by atoms with Crippen LogP contribution in [0, 0.1) is 5.41 Å². The Labute approximate surface area is 165 Å². The summed E-state index contributed by atoms with van der Waals surface area (Å²) in [5.74, 6) is -1.08. The number of hydrogen-bond donors (Lipinski definition) is 7. The van der Waals surface area contributed by atoms with Gasteiger partial charge in [-0.3, -0.25) is 9.79 Å². The number of hydrogen-bond acceptors (Lipinski definition) is 12. The largest absolute Gasteiger partial charge is 0.510 e. The van der Waals surface area contributed by atoms with Crippen LogP contribution in [0.2, 0.25) is 0 Å². The maximum atomic E-state index is 12.1. The van der Waals surface area contributed by atoms with Gasteiger partial charge in [0.1, 0.15) is 43.0 Å². The van der Waals surface area contributed by atoms with Crippen LogP contribution in [0.25, 0.3) is 0 Å². The summed E-state index contributed by atoms with van der Waals surface area (Å²) in [6.45, 7) is -1.04. The van der Waals surface area contributed by atoms with E-state index in [1.54, 1.807) is 0 Å². The fourth-order valence-electron chi connectivity index (χ4n) is 2.19. The van der Waals surface area contributed by atoms with Crippen molar-refractivity contribution in [1.29, 1.82) is 0 Å². The third kappa shape index (κ3) is 6.95. The van der Waals surface area contributed by atoms with Gasteiger partial charge in [0.25, 0.3) is 0 Å². The molecule has 1 rings (SSSR count).